The summed E-state index contributed by atoms with van der Waals surface area (Å²) in [5.41, 5.74) is 2.19. The molecule has 1 atom stereocenters. The monoisotopic (exact) mass is 370 g/mol. The molecule has 5 heteroatoms. The summed E-state index contributed by atoms with van der Waals surface area (Å²) in [6, 6.07) is 17.7. The van der Waals surface area contributed by atoms with Crippen molar-refractivity contribution in [1.29, 1.82) is 0 Å². The van der Waals surface area contributed by atoms with E-state index in [1.54, 1.807) is 0 Å². The predicted molar refractivity (Wildman–Crippen MR) is 105 cm³/mol. The number of rotatable bonds is 6. The molecule has 1 heterocycles. The van der Waals surface area contributed by atoms with Gasteiger partial charge in [-0.1, -0.05) is 66.2 Å². The summed E-state index contributed by atoms with van der Waals surface area (Å²) in [7, 11) is 0. The largest absolute Gasteiger partial charge is 0.366 e. The number of halogens is 1. The van der Waals surface area contributed by atoms with Crippen molar-refractivity contribution in [1.82, 2.24) is 10.2 Å². The van der Waals surface area contributed by atoms with Crippen molar-refractivity contribution in [3.05, 3.63) is 76.8 Å². The molecule has 0 bridgehead atoms. The first-order valence-electron chi connectivity index (χ1n) is 8.78. The number of nitrogens with zero attached hydrogens (tertiary/aromatic N) is 1. The fourth-order valence-corrected chi connectivity index (χ4v) is 2.96. The lowest BCUT2D eigenvalue weighted by atomic mass is 10.2. The fourth-order valence-electron chi connectivity index (χ4n) is 2.83. The lowest BCUT2D eigenvalue weighted by Gasteiger charge is -2.31. The number of morpholine rings is 1. The normalized spacial score (nSPS) is 18.1. The van der Waals surface area contributed by atoms with Crippen molar-refractivity contribution < 1.29 is 9.53 Å². The van der Waals surface area contributed by atoms with Crippen LogP contribution in [0.15, 0.2) is 60.7 Å². The molecule has 0 saturated carbocycles. The summed E-state index contributed by atoms with van der Waals surface area (Å²) in [6.07, 6.45) is 3.80. The molecule has 0 spiro atoms. The number of hydrogen-bond acceptors (Lipinski definition) is 3. The summed E-state index contributed by atoms with van der Waals surface area (Å²) in [6.45, 7) is 3.28. The highest BCUT2D eigenvalue weighted by Crippen LogP contribution is 2.10. The van der Waals surface area contributed by atoms with Crippen LogP contribution in [0, 0.1) is 0 Å². The summed E-state index contributed by atoms with van der Waals surface area (Å²) in [5, 5.41) is 3.63. The molecule has 136 valence electrons. The van der Waals surface area contributed by atoms with Gasteiger partial charge in [-0.2, -0.15) is 0 Å². The highest BCUT2D eigenvalue weighted by Gasteiger charge is 2.25. The third kappa shape index (κ3) is 5.70. The Labute approximate surface area is 159 Å². The van der Waals surface area contributed by atoms with E-state index in [2.05, 4.69) is 34.5 Å². The van der Waals surface area contributed by atoms with Gasteiger partial charge in [-0.05, 0) is 23.3 Å². The van der Waals surface area contributed by atoms with Gasteiger partial charge in [0, 0.05) is 31.2 Å². The van der Waals surface area contributed by atoms with Crippen molar-refractivity contribution in [3.8, 4) is 0 Å². The Morgan fingerprint density at radius 2 is 1.96 bits per heavy atom. The van der Waals surface area contributed by atoms with Gasteiger partial charge in [-0.15, -0.1) is 0 Å². The maximum atomic E-state index is 12.4. The van der Waals surface area contributed by atoms with Crippen molar-refractivity contribution in [2.75, 3.05) is 26.2 Å². The molecule has 0 aliphatic carbocycles. The van der Waals surface area contributed by atoms with Crippen LogP contribution in [0.1, 0.15) is 11.1 Å². The van der Waals surface area contributed by atoms with Gasteiger partial charge in [-0.25, -0.2) is 0 Å². The zero-order valence-electron chi connectivity index (χ0n) is 14.6. The Kier molecular flexibility index (Phi) is 6.83. The van der Waals surface area contributed by atoms with Gasteiger partial charge in [0.25, 0.3) is 5.91 Å². The summed E-state index contributed by atoms with van der Waals surface area (Å²) in [5.74, 6) is -0.0725. The zero-order chi connectivity index (χ0) is 18.2. The molecular formula is C21H23ClN2O2. The minimum atomic E-state index is -0.429. The second-order valence-electron chi connectivity index (χ2n) is 6.28. The Bertz CT molecular complexity index is 731. The minimum absolute atomic E-state index is 0.0725. The molecule has 2 aromatic rings. The maximum Gasteiger partial charge on any atom is 0.250 e. The van der Waals surface area contributed by atoms with Gasteiger partial charge in [0.05, 0.1) is 6.61 Å². The van der Waals surface area contributed by atoms with Crippen molar-refractivity contribution >= 4 is 23.6 Å². The average molecular weight is 371 g/mol. The van der Waals surface area contributed by atoms with Crippen LogP contribution < -0.4 is 5.32 Å². The van der Waals surface area contributed by atoms with Crippen LogP contribution in [-0.2, 0) is 16.1 Å². The third-order valence-electron chi connectivity index (χ3n) is 4.30. The van der Waals surface area contributed by atoms with Crippen LogP contribution >= 0.6 is 11.6 Å². The molecule has 1 aliphatic heterocycles. The number of nitrogens with one attached hydrogen (secondary N) is 1. The van der Waals surface area contributed by atoms with Crippen molar-refractivity contribution in [2.45, 2.75) is 12.6 Å². The average Bonchev–Trinajstić information content (AvgIpc) is 2.68. The first-order chi connectivity index (χ1) is 12.7. The molecule has 26 heavy (non-hydrogen) atoms. The van der Waals surface area contributed by atoms with Crippen LogP contribution in [-0.4, -0.2) is 43.2 Å². The summed E-state index contributed by atoms with van der Waals surface area (Å²) >= 11 is 5.87. The van der Waals surface area contributed by atoms with Gasteiger partial charge in [-0.3, -0.25) is 9.69 Å². The molecule has 4 nitrogen and oxygen atoms in total. The predicted octanol–water partition coefficient (Wildman–Crippen LogP) is 3.37. The molecular weight excluding hydrogens is 348 g/mol. The summed E-state index contributed by atoms with van der Waals surface area (Å²) < 4.78 is 5.64. The van der Waals surface area contributed by atoms with E-state index >= 15 is 0 Å². The first-order valence-corrected chi connectivity index (χ1v) is 9.16. The molecule has 3 rings (SSSR count). The van der Waals surface area contributed by atoms with E-state index in [0.29, 0.717) is 24.7 Å². The molecule has 2 aromatic carbocycles. The van der Waals surface area contributed by atoms with E-state index in [0.717, 1.165) is 18.7 Å². The molecule has 0 aromatic heterocycles. The summed E-state index contributed by atoms with van der Waals surface area (Å²) in [4.78, 5) is 14.6. The highest BCUT2D eigenvalue weighted by atomic mass is 35.5. The second kappa shape index (κ2) is 9.53. The highest BCUT2D eigenvalue weighted by molar-refractivity contribution is 6.30. The molecule has 1 aliphatic rings. The van der Waals surface area contributed by atoms with Crippen LogP contribution in [0.4, 0.5) is 0 Å². The van der Waals surface area contributed by atoms with E-state index in [9.17, 15) is 4.79 Å². The SMILES string of the molecule is O=C(NCc1ccc(Cl)cc1)C1CN(CC=Cc2ccccc2)CCO1. The lowest BCUT2D eigenvalue weighted by Crippen LogP contribution is -2.49. The van der Waals surface area contributed by atoms with E-state index in [4.69, 9.17) is 16.3 Å². The van der Waals surface area contributed by atoms with Crippen LogP contribution in [0.2, 0.25) is 5.02 Å². The number of carbonyl (C=O) groups is 1. The smallest absolute Gasteiger partial charge is 0.250 e. The van der Waals surface area contributed by atoms with Gasteiger partial charge < -0.3 is 10.1 Å². The number of amides is 1. The molecule has 1 unspecified atom stereocenters. The minimum Gasteiger partial charge on any atom is -0.366 e. The van der Waals surface area contributed by atoms with E-state index in [1.165, 1.54) is 5.56 Å². The second-order valence-corrected chi connectivity index (χ2v) is 6.71. The Morgan fingerprint density at radius 1 is 1.19 bits per heavy atom. The standard InChI is InChI=1S/C21H23ClN2O2/c22-19-10-8-18(9-11-19)15-23-21(25)20-16-24(13-14-26-20)12-4-7-17-5-2-1-3-6-17/h1-11,20H,12-16H2,(H,23,25). The van der Waals surface area contributed by atoms with Gasteiger partial charge >= 0.3 is 0 Å². The maximum absolute atomic E-state index is 12.4. The topological polar surface area (TPSA) is 41.6 Å². The van der Waals surface area contributed by atoms with E-state index < -0.39 is 6.10 Å². The van der Waals surface area contributed by atoms with E-state index in [-0.39, 0.29) is 5.91 Å². The van der Waals surface area contributed by atoms with E-state index in [1.807, 2.05) is 42.5 Å². The molecule has 1 amide bonds. The van der Waals surface area contributed by atoms with Gasteiger partial charge in [0.2, 0.25) is 0 Å². The number of carbonyl (C=O) groups excluding carboxylic acids is 1. The quantitative estimate of drug-likeness (QED) is 0.847. The number of ether oxygens (including phenoxy) is 1. The first kappa shape index (κ1) is 18.6. The van der Waals surface area contributed by atoms with Crippen LogP contribution in [0.5, 0.6) is 0 Å². The zero-order valence-corrected chi connectivity index (χ0v) is 15.4. The van der Waals surface area contributed by atoms with Gasteiger partial charge in [0.15, 0.2) is 0 Å². The van der Waals surface area contributed by atoms with Crippen molar-refractivity contribution in [2.24, 2.45) is 0 Å². The number of hydrogen-bond donors (Lipinski definition) is 1. The van der Waals surface area contributed by atoms with Crippen LogP contribution in [0.3, 0.4) is 0 Å². The third-order valence-corrected chi connectivity index (χ3v) is 4.55. The Balaban J connectivity index is 1.45. The molecule has 1 N–H and O–H groups in total. The van der Waals surface area contributed by atoms with Gasteiger partial charge in [0.1, 0.15) is 6.10 Å². The Hall–Kier alpha value is -2.14. The number of benzene rings is 2. The molecule has 1 saturated heterocycles. The fraction of sp³-hybridized carbons (Fsp3) is 0.286. The Morgan fingerprint density at radius 3 is 2.73 bits per heavy atom. The lowest BCUT2D eigenvalue weighted by molar-refractivity contribution is -0.138. The van der Waals surface area contributed by atoms with Crippen LogP contribution in [0.25, 0.3) is 6.08 Å². The molecule has 1 fully saturated rings. The molecule has 0 radical (unpaired) electrons. The van der Waals surface area contributed by atoms with Crippen molar-refractivity contribution in [3.63, 3.8) is 0 Å².